The summed E-state index contributed by atoms with van der Waals surface area (Å²) < 4.78 is 85.5. The lowest BCUT2D eigenvalue weighted by molar-refractivity contribution is -0.148. The van der Waals surface area contributed by atoms with Gasteiger partial charge in [-0.3, -0.25) is 28.9 Å². The molecule has 0 aromatic rings. The van der Waals surface area contributed by atoms with Crippen LogP contribution in [0.15, 0.2) is 0 Å². The minimum absolute atomic E-state index is 0.0230. The molecular formula is C26H34F4N6O11S. The predicted molar refractivity (Wildman–Crippen MR) is 147 cm³/mol. The molecule has 6 rings (SSSR count). The second-order valence-electron chi connectivity index (χ2n) is 12.8. The number of Topliss-reactive ketones (excluding diaryl/α,β-unsaturated/α-hetero) is 2. The van der Waals surface area contributed by atoms with Gasteiger partial charge >= 0.3 is 22.5 Å². The van der Waals surface area contributed by atoms with Gasteiger partial charge in [0.2, 0.25) is 23.7 Å². The van der Waals surface area contributed by atoms with Crippen LogP contribution in [0.25, 0.3) is 0 Å². The van der Waals surface area contributed by atoms with Crippen molar-refractivity contribution in [3.63, 3.8) is 0 Å². The number of hydrogen-bond donors (Lipinski definition) is 4. The fraction of sp³-hybridized carbons (Fsp3) is 0.769. The Hall–Kier alpha value is -3.63. The van der Waals surface area contributed by atoms with Crippen molar-refractivity contribution < 1.29 is 68.8 Å². The van der Waals surface area contributed by atoms with Crippen molar-refractivity contribution in [2.45, 2.75) is 87.4 Å². The quantitative estimate of drug-likeness (QED) is 0.135. The molecule has 0 radical (unpaired) electrons. The van der Waals surface area contributed by atoms with E-state index in [2.05, 4.69) is 14.9 Å². The van der Waals surface area contributed by atoms with Gasteiger partial charge in [0.05, 0.1) is 25.2 Å². The van der Waals surface area contributed by atoms with Crippen LogP contribution in [0.4, 0.5) is 27.2 Å². The molecule has 4 atom stereocenters. The molecule has 0 aromatic heterocycles. The summed E-state index contributed by atoms with van der Waals surface area (Å²) in [5.74, 6) is -9.12. The maximum absolute atomic E-state index is 12.8. The molecule has 6 amide bonds. The molecule has 4 saturated heterocycles. The number of ketones is 2. The maximum Gasteiger partial charge on any atom is 0.418 e. The SMILES string of the molecule is O=C(CNC(=O)[C@@H]1CC[C@@H]2CN1C(=O)N2O)C1CC(F)(F)C1.O=C(CNC(=O)[C@@H]1CC[C@@H]2CN1C(=O)N2OS(=O)(=O)O)C1CC(F)(F)C1. The number of nitrogens with one attached hydrogen (secondary N) is 2. The van der Waals surface area contributed by atoms with E-state index in [1.165, 1.54) is 4.90 Å². The molecule has 4 heterocycles. The fourth-order valence-corrected chi connectivity index (χ4v) is 7.07. The average molecular weight is 715 g/mol. The molecular weight excluding hydrogens is 680 g/mol. The molecule has 22 heteroatoms. The number of hydrogen-bond acceptors (Lipinski definition) is 10. The number of carbonyl (C=O) groups excluding carboxylic acids is 6. The predicted octanol–water partition coefficient (Wildman–Crippen LogP) is 0.0948. The number of halogens is 4. The topological polar surface area (TPSA) is 223 Å². The zero-order chi connectivity index (χ0) is 35.3. The number of fused-ring (bicyclic) bond motifs is 4. The first-order chi connectivity index (χ1) is 22.2. The van der Waals surface area contributed by atoms with Crippen LogP contribution in [0.5, 0.6) is 0 Å². The molecule has 4 aliphatic heterocycles. The number of alkyl halides is 4. The lowest BCUT2D eigenvalue weighted by atomic mass is 9.78. The number of amides is 6. The van der Waals surface area contributed by atoms with Gasteiger partial charge in [-0.2, -0.15) is 13.5 Å². The normalized spacial score (nSPS) is 29.0. The number of hydroxylamine groups is 4. The van der Waals surface area contributed by atoms with Crippen molar-refractivity contribution in [2.24, 2.45) is 11.8 Å². The maximum atomic E-state index is 12.8. The second kappa shape index (κ2) is 13.0. The van der Waals surface area contributed by atoms with Crippen LogP contribution in [0.1, 0.15) is 51.4 Å². The van der Waals surface area contributed by atoms with E-state index < -0.39 is 120 Å². The van der Waals surface area contributed by atoms with E-state index in [0.717, 1.165) is 4.90 Å². The van der Waals surface area contributed by atoms with Gasteiger partial charge in [-0.1, -0.05) is 0 Å². The van der Waals surface area contributed by atoms with Crippen molar-refractivity contribution in [1.82, 2.24) is 30.6 Å². The highest BCUT2D eigenvalue weighted by Gasteiger charge is 2.52. The molecule has 2 aliphatic carbocycles. The van der Waals surface area contributed by atoms with E-state index >= 15 is 0 Å². The summed E-state index contributed by atoms with van der Waals surface area (Å²) in [7, 11) is -4.88. The standard InChI is InChI=1S/C13H17F2N3O7S.C13H17F2N3O4/c14-13(15)3-7(4-13)10(19)5-16-11(20)9-2-1-8-6-17(9)12(21)18(8)25-26(22,23)24;14-13(15)3-7(4-13)10(19)5-16-11(20)9-2-1-8-6-17(9)12(21)18(8)22/h7-9H,1-6H2,(H,16,20)(H,22,23,24);7-9,22H,1-6H2,(H,16,20)/t2*8-,9+/m11/s1. The first-order valence-electron chi connectivity index (χ1n) is 15.2. The van der Waals surface area contributed by atoms with E-state index in [0.29, 0.717) is 23.0 Å². The third-order valence-electron chi connectivity index (χ3n) is 9.41. The number of carbonyl (C=O) groups is 6. The first kappa shape index (κ1) is 35.7. The Morgan fingerprint density at radius 2 is 1.17 bits per heavy atom. The van der Waals surface area contributed by atoms with Gasteiger partial charge in [0.1, 0.15) is 12.1 Å². The fourth-order valence-electron chi connectivity index (χ4n) is 6.68. The minimum Gasteiger partial charge on any atom is -0.347 e. The number of piperidine rings is 2. The van der Waals surface area contributed by atoms with E-state index in [1.54, 1.807) is 0 Å². The Balaban J connectivity index is 0.000000190. The third kappa shape index (κ3) is 7.65. The molecule has 4 bridgehead atoms. The van der Waals surface area contributed by atoms with Crippen LogP contribution in [0.2, 0.25) is 0 Å². The molecule has 0 spiro atoms. The molecule has 6 fully saturated rings. The summed E-state index contributed by atoms with van der Waals surface area (Å²) in [6.07, 6.45) is -0.636. The van der Waals surface area contributed by atoms with Gasteiger partial charge in [0.15, 0.2) is 11.6 Å². The van der Waals surface area contributed by atoms with Crippen molar-refractivity contribution in [3.05, 3.63) is 0 Å². The van der Waals surface area contributed by atoms with Gasteiger partial charge in [-0.25, -0.2) is 32.2 Å². The van der Waals surface area contributed by atoms with E-state index in [4.69, 9.17) is 4.55 Å². The Morgan fingerprint density at radius 3 is 1.60 bits per heavy atom. The Bertz CT molecular complexity index is 1470. The van der Waals surface area contributed by atoms with E-state index in [1.807, 2.05) is 0 Å². The average Bonchev–Trinajstić information content (AvgIpc) is 3.34. The van der Waals surface area contributed by atoms with E-state index in [-0.39, 0.29) is 38.5 Å². The number of urea groups is 2. The second-order valence-corrected chi connectivity index (χ2v) is 13.8. The summed E-state index contributed by atoms with van der Waals surface area (Å²) in [5, 5.41) is 15.4. The lowest BCUT2D eigenvalue weighted by Crippen LogP contribution is -2.51. The van der Waals surface area contributed by atoms with Crippen molar-refractivity contribution in [1.29, 1.82) is 0 Å². The summed E-state index contributed by atoms with van der Waals surface area (Å²) in [4.78, 5) is 74.1. The molecule has 6 aliphatic rings. The Morgan fingerprint density at radius 1 is 0.750 bits per heavy atom. The molecule has 2 saturated carbocycles. The Labute approximate surface area is 270 Å². The summed E-state index contributed by atoms with van der Waals surface area (Å²) in [6, 6.07) is -4.11. The van der Waals surface area contributed by atoms with Crippen molar-refractivity contribution >= 4 is 45.8 Å². The van der Waals surface area contributed by atoms with Crippen LogP contribution in [0, 0.1) is 11.8 Å². The van der Waals surface area contributed by atoms with E-state index in [9.17, 15) is 60.0 Å². The van der Waals surface area contributed by atoms with Crippen LogP contribution in [0.3, 0.4) is 0 Å². The molecule has 268 valence electrons. The zero-order valence-electron chi connectivity index (χ0n) is 25.2. The highest BCUT2D eigenvalue weighted by atomic mass is 32.3. The third-order valence-corrected chi connectivity index (χ3v) is 9.76. The number of nitrogens with zero attached hydrogens (tertiary/aromatic N) is 4. The van der Waals surface area contributed by atoms with Crippen molar-refractivity contribution in [2.75, 3.05) is 26.2 Å². The van der Waals surface area contributed by atoms with Crippen LogP contribution in [-0.2, 0) is 33.9 Å². The minimum atomic E-state index is -4.88. The monoisotopic (exact) mass is 714 g/mol. The highest BCUT2D eigenvalue weighted by Crippen LogP contribution is 2.43. The molecule has 0 aromatic carbocycles. The number of rotatable bonds is 10. The lowest BCUT2D eigenvalue weighted by Gasteiger charge is -2.34. The molecule has 17 nitrogen and oxygen atoms in total. The van der Waals surface area contributed by atoms with Gasteiger partial charge in [0, 0.05) is 50.6 Å². The van der Waals surface area contributed by atoms with Crippen LogP contribution >= 0.6 is 0 Å². The smallest absolute Gasteiger partial charge is 0.347 e. The Kier molecular flexibility index (Phi) is 9.67. The zero-order valence-corrected chi connectivity index (χ0v) is 26.0. The van der Waals surface area contributed by atoms with Crippen LogP contribution < -0.4 is 10.6 Å². The molecule has 4 N–H and O–H groups in total. The highest BCUT2D eigenvalue weighted by molar-refractivity contribution is 7.80. The molecule has 48 heavy (non-hydrogen) atoms. The first-order valence-corrected chi connectivity index (χ1v) is 16.5. The summed E-state index contributed by atoms with van der Waals surface area (Å²) in [5.41, 5.74) is 0. The summed E-state index contributed by atoms with van der Waals surface area (Å²) in [6.45, 7) is -0.414. The van der Waals surface area contributed by atoms with Gasteiger partial charge < -0.3 is 20.4 Å². The largest absolute Gasteiger partial charge is 0.418 e. The van der Waals surface area contributed by atoms with Gasteiger partial charge in [-0.05, 0) is 25.7 Å². The van der Waals surface area contributed by atoms with Crippen LogP contribution in [-0.4, -0.2) is 136 Å². The van der Waals surface area contributed by atoms with Crippen molar-refractivity contribution in [3.8, 4) is 0 Å². The summed E-state index contributed by atoms with van der Waals surface area (Å²) >= 11 is 0. The molecule has 0 unspecified atom stereocenters. The van der Waals surface area contributed by atoms with Gasteiger partial charge in [-0.15, -0.1) is 4.28 Å². The van der Waals surface area contributed by atoms with Gasteiger partial charge in [0.25, 0.3) is 0 Å².